The maximum absolute atomic E-state index is 14.2. The largest absolute Gasteiger partial charge is 0.452 e. The third kappa shape index (κ3) is 3.59. The molecular weight excluding hydrogens is 395 g/mol. The molecule has 0 bridgehead atoms. The zero-order valence-electron chi connectivity index (χ0n) is 17.8. The number of hydrogen-bond acceptors (Lipinski definition) is 6. The van der Waals surface area contributed by atoms with Crippen LogP contribution < -0.4 is 15.4 Å². The molecule has 8 heteroatoms. The van der Waals surface area contributed by atoms with E-state index in [1.165, 1.54) is 12.1 Å². The lowest BCUT2D eigenvalue weighted by atomic mass is 9.78. The van der Waals surface area contributed by atoms with E-state index >= 15 is 0 Å². The highest BCUT2D eigenvalue weighted by Crippen LogP contribution is 2.47. The molecule has 162 valence electrons. The molecule has 2 saturated heterocycles. The molecule has 2 atom stereocenters. The SMILES string of the molecule is CC(C)c1nccn1-c1cc(F)ccc1Oc1cncnc1C1NCCC12CCNC2. The third-order valence-electron chi connectivity index (χ3n) is 6.43. The van der Waals surface area contributed by atoms with Crippen LogP contribution in [0.1, 0.15) is 50.2 Å². The normalized spacial score (nSPS) is 23.2. The molecule has 2 N–H and O–H groups in total. The van der Waals surface area contributed by atoms with Gasteiger partial charge in [0.25, 0.3) is 0 Å². The van der Waals surface area contributed by atoms with E-state index in [-0.39, 0.29) is 23.2 Å². The van der Waals surface area contributed by atoms with Crippen LogP contribution in [0.4, 0.5) is 4.39 Å². The van der Waals surface area contributed by atoms with Crippen molar-refractivity contribution in [3.8, 4) is 17.2 Å². The van der Waals surface area contributed by atoms with Crippen LogP contribution in [0.15, 0.2) is 43.1 Å². The van der Waals surface area contributed by atoms with Gasteiger partial charge in [-0.2, -0.15) is 0 Å². The Morgan fingerprint density at radius 2 is 2.06 bits per heavy atom. The minimum atomic E-state index is -0.330. The second-order valence-electron chi connectivity index (χ2n) is 8.72. The molecule has 0 radical (unpaired) electrons. The van der Waals surface area contributed by atoms with Gasteiger partial charge in [-0.15, -0.1) is 0 Å². The minimum Gasteiger partial charge on any atom is -0.452 e. The van der Waals surface area contributed by atoms with Crippen molar-refractivity contribution in [3.05, 3.63) is 60.5 Å². The van der Waals surface area contributed by atoms with E-state index in [4.69, 9.17) is 4.74 Å². The van der Waals surface area contributed by atoms with Gasteiger partial charge in [-0.25, -0.2) is 19.3 Å². The lowest BCUT2D eigenvalue weighted by Gasteiger charge is -2.30. The second kappa shape index (κ2) is 8.01. The Kier molecular flexibility index (Phi) is 5.19. The van der Waals surface area contributed by atoms with Crippen molar-refractivity contribution in [1.29, 1.82) is 0 Å². The highest BCUT2D eigenvalue weighted by molar-refractivity contribution is 5.50. The second-order valence-corrected chi connectivity index (χ2v) is 8.72. The molecule has 1 spiro atoms. The van der Waals surface area contributed by atoms with E-state index in [1.54, 1.807) is 24.8 Å². The van der Waals surface area contributed by atoms with Crippen LogP contribution in [0, 0.1) is 11.2 Å². The number of rotatable bonds is 5. The van der Waals surface area contributed by atoms with Crippen molar-refractivity contribution in [2.45, 2.75) is 38.6 Å². The van der Waals surface area contributed by atoms with Crippen molar-refractivity contribution >= 4 is 0 Å². The van der Waals surface area contributed by atoms with Gasteiger partial charge in [0.2, 0.25) is 0 Å². The fraction of sp³-hybridized carbons (Fsp3) is 0.435. The molecule has 2 unspecified atom stereocenters. The summed E-state index contributed by atoms with van der Waals surface area (Å²) in [5.41, 5.74) is 1.58. The molecule has 5 rings (SSSR count). The molecule has 2 aromatic heterocycles. The highest BCUT2D eigenvalue weighted by atomic mass is 19.1. The monoisotopic (exact) mass is 422 g/mol. The number of nitrogens with one attached hydrogen (secondary N) is 2. The summed E-state index contributed by atoms with van der Waals surface area (Å²) in [6.07, 6.45) is 9.02. The van der Waals surface area contributed by atoms with Crippen molar-refractivity contribution in [2.24, 2.45) is 5.41 Å². The maximum atomic E-state index is 14.2. The molecule has 1 aromatic carbocycles. The van der Waals surface area contributed by atoms with E-state index in [0.29, 0.717) is 17.2 Å². The molecular formula is C23H27FN6O. The molecule has 4 heterocycles. The molecule has 2 aliphatic heterocycles. The average molecular weight is 423 g/mol. The molecule has 7 nitrogen and oxygen atoms in total. The van der Waals surface area contributed by atoms with E-state index in [0.717, 1.165) is 44.0 Å². The maximum Gasteiger partial charge on any atom is 0.168 e. The third-order valence-corrected chi connectivity index (χ3v) is 6.43. The Hall–Kier alpha value is -2.84. The van der Waals surface area contributed by atoms with Crippen LogP contribution in [0.2, 0.25) is 0 Å². The predicted octanol–water partition coefficient (Wildman–Crippen LogP) is 3.73. The summed E-state index contributed by atoms with van der Waals surface area (Å²) < 4.78 is 22.5. The number of nitrogens with zero attached hydrogens (tertiary/aromatic N) is 4. The van der Waals surface area contributed by atoms with Crippen LogP contribution in [-0.4, -0.2) is 39.2 Å². The first-order valence-electron chi connectivity index (χ1n) is 10.8. The number of halogens is 1. The minimum absolute atomic E-state index is 0.0869. The van der Waals surface area contributed by atoms with E-state index < -0.39 is 0 Å². The van der Waals surface area contributed by atoms with Crippen LogP contribution in [0.25, 0.3) is 5.69 Å². The highest BCUT2D eigenvalue weighted by Gasteiger charge is 2.47. The summed E-state index contributed by atoms with van der Waals surface area (Å²) in [5.74, 6) is 1.82. The topological polar surface area (TPSA) is 76.9 Å². The van der Waals surface area contributed by atoms with Gasteiger partial charge in [0.05, 0.1) is 17.9 Å². The number of imidazole rings is 1. The van der Waals surface area contributed by atoms with Gasteiger partial charge in [0.1, 0.15) is 23.7 Å². The Balaban J connectivity index is 1.54. The van der Waals surface area contributed by atoms with E-state index in [9.17, 15) is 4.39 Å². The van der Waals surface area contributed by atoms with Crippen molar-refractivity contribution in [2.75, 3.05) is 19.6 Å². The first-order chi connectivity index (χ1) is 15.1. The standard InChI is InChI=1S/C23H27FN6O/c1-15(2)22-28-9-10-30(22)17-11-16(24)3-4-18(17)31-19-12-26-14-29-20(19)21-23(6-8-27-21)5-7-25-13-23/h3-4,9-12,14-15,21,25,27H,5-8,13H2,1-2H3. The van der Waals surface area contributed by atoms with Crippen LogP contribution in [0.5, 0.6) is 11.5 Å². The molecule has 0 saturated carbocycles. The lowest BCUT2D eigenvalue weighted by molar-refractivity contribution is 0.272. The Morgan fingerprint density at radius 1 is 1.19 bits per heavy atom. The van der Waals surface area contributed by atoms with Gasteiger partial charge in [-0.05, 0) is 38.1 Å². The Labute approximate surface area is 181 Å². The van der Waals surface area contributed by atoms with Crippen LogP contribution >= 0.6 is 0 Å². The summed E-state index contributed by atoms with van der Waals surface area (Å²) in [6.45, 7) is 7.04. The molecule has 0 aliphatic carbocycles. The summed E-state index contributed by atoms with van der Waals surface area (Å²) in [4.78, 5) is 13.3. The summed E-state index contributed by atoms with van der Waals surface area (Å²) in [5, 5.41) is 7.12. The van der Waals surface area contributed by atoms with Crippen molar-refractivity contribution < 1.29 is 9.13 Å². The average Bonchev–Trinajstić information content (AvgIpc) is 3.52. The summed E-state index contributed by atoms with van der Waals surface area (Å²) >= 11 is 0. The Morgan fingerprint density at radius 3 is 2.87 bits per heavy atom. The molecule has 3 aromatic rings. The van der Waals surface area contributed by atoms with Gasteiger partial charge >= 0.3 is 0 Å². The summed E-state index contributed by atoms with van der Waals surface area (Å²) in [7, 11) is 0. The predicted molar refractivity (Wildman–Crippen MR) is 115 cm³/mol. The fourth-order valence-corrected chi connectivity index (χ4v) is 4.89. The number of aromatic nitrogens is 4. The van der Waals surface area contributed by atoms with Crippen LogP contribution in [-0.2, 0) is 0 Å². The first kappa shape index (κ1) is 20.1. The molecule has 31 heavy (non-hydrogen) atoms. The molecule has 0 amide bonds. The number of ether oxygens (including phenoxy) is 1. The zero-order valence-corrected chi connectivity index (χ0v) is 17.8. The quantitative estimate of drug-likeness (QED) is 0.653. The molecule has 2 fully saturated rings. The van der Waals surface area contributed by atoms with Gasteiger partial charge in [0.15, 0.2) is 11.5 Å². The number of hydrogen-bond donors (Lipinski definition) is 2. The van der Waals surface area contributed by atoms with Crippen molar-refractivity contribution in [1.82, 2.24) is 30.2 Å². The zero-order chi connectivity index (χ0) is 21.4. The fourth-order valence-electron chi connectivity index (χ4n) is 4.89. The molecule has 2 aliphatic rings. The lowest BCUT2D eigenvalue weighted by Crippen LogP contribution is -2.32. The summed E-state index contributed by atoms with van der Waals surface area (Å²) in [6, 6.07) is 4.62. The van der Waals surface area contributed by atoms with Gasteiger partial charge < -0.3 is 15.4 Å². The van der Waals surface area contributed by atoms with Gasteiger partial charge in [0, 0.05) is 36.3 Å². The van der Waals surface area contributed by atoms with Crippen molar-refractivity contribution in [3.63, 3.8) is 0 Å². The first-order valence-corrected chi connectivity index (χ1v) is 10.8. The smallest absolute Gasteiger partial charge is 0.168 e. The van der Waals surface area contributed by atoms with Gasteiger partial charge in [-0.3, -0.25) is 4.57 Å². The number of benzene rings is 1. The van der Waals surface area contributed by atoms with Crippen LogP contribution in [0.3, 0.4) is 0 Å². The van der Waals surface area contributed by atoms with E-state index in [1.807, 2.05) is 10.8 Å². The van der Waals surface area contributed by atoms with E-state index in [2.05, 4.69) is 39.4 Å². The van der Waals surface area contributed by atoms with Gasteiger partial charge in [-0.1, -0.05) is 13.8 Å². The Bertz CT molecular complexity index is 1070.